The summed E-state index contributed by atoms with van der Waals surface area (Å²) < 4.78 is 31.1. The number of aromatic hydroxyl groups is 1. The minimum Gasteiger partial charge on any atom is -0.508 e. The highest BCUT2D eigenvalue weighted by atomic mass is 32.2. The molecular weight excluding hydrogens is 492 g/mol. The number of carbonyl (C=O) groups excluding carboxylic acids is 1. The van der Waals surface area contributed by atoms with E-state index in [2.05, 4.69) is 5.10 Å². The van der Waals surface area contributed by atoms with Gasteiger partial charge >= 0.3 is 5.97 Å². The second-order valence-electron chi connectivity index (χ2n) is 8.26. The third kappa shape index (κ3) is 5.71. The van der Waals surface area contributed by atoms with Crippen molar-refractivity contribution in [1.82, 2.24) is 4.57 Å². The fraction of sp³-hybridized carbons (Fsp3) is 0.111. The van der Waals surface area contributed by atoms with Crippen LogP contribution in [0.1, 0.15) is 28.4 Å². The van der Waals surface area contributed by atoms with Crippen LogP contribution in [-0.4, -0.2) is 36.9 Å². The quantitative estimate of drug-likeness (QED) is 0.140. The Hall–Kier alpha value is -4.41. The van der Waals surface area contributed by atoms with E-state index in [0.29, 0.717) is 27.8 Å². The van der Waals surface area contributed by atoms with Crippen LogP contribution in [0.25, 0.3) is 22.3 Å². The van der Waals surface area contributed by atoms with Crippen LogP contribution in [0.2, 0.25) is 0 Å². The SMILES string of the molecule is CCOC(=O)c1cn(Cc2cc(C=NN)ccc2O)cc1-c1ccc(-c2ccccc2S(N)(=O)=O)cc1. The molecule has 0 saturated carbocycles. The zero-order chi connectivity index (χ0) is 26.6. The summed E-state index contributed by atoms with van der Waals surface area (Å²) in [5, 5.41) is 19.2. The predicted molar refractivity (Wildman–Crippen MR) is 142 cm³/mol. The Kier molecular flexibility index (Phi) is 7.42. The van der Waals surface area contributed by atoms with Crippen molar-refractivity contribution < 1.29 is 23.1 Å². The number of benzene rings is 3. The Labute approximate surface area is 214 Å². The summed E-state index contributed by atoms with van der Waals surface area (Å²) in [5.41, 5.74) is 4.20. The number of phenols is 1. The highest BCUT2D eigenvalue weighted by Gasteiger charge is 2.19. The smallest absolute Gasteiger partial charge is 0.340 e. The highest BCUT2D eigenvalue weighted by Crippen LogP contribution is 2.32. The maximum Gasteiger partial charge on any atom is 0.340 e. The van der Waals surface area contributed by atoms with Crippen molar-refractivity contribution in [2.24, 2.45) is 16.1 Å². The van der Waals surface area contributed by atoms with Crippen molar-refractivity contribution in [3.8, 4) is 28.0 Å². The topological polar surface area (TPSA) is 150 Å². The maximum atomic E-state index is 12.8. The number of primary sulfonamides is 1. The van der Waals surface area contributed by atoms with Crippen LogP contribution in [0, 0.1) is 0 Å². The van der Waals surface area contributed by atoms with E-state index in [-0.39, 0.29) is 23.8 Å². The highest BCUT2D eigenvalue weighted by molar-refractivity contribution is 7.89. The van der Waals surface area contributed by atoms with E-state index in [1.807, 2.05) is 0 Å². The first kappa shape index (κ1) is 25.7. The van der Waals surface area contributed by atoms with E-state index < -0.39 is 16.0 Å². The zero-order valence-corrected chi connectivity index (χ0v) is 20.9. The van der Waals surface area contributed by atoms with E-state index in [1.165, 1.54) is 12.3 Å². The Bertz CT molecular complexity index is 1570. The summed E-state index contributed by atoms with van der Waals surface area (Å²) in [4.78, 5) is 12.8. The number of nitrogens with two attached hydrogens (primary N) is 2. The Morgan fingerprint density at radius 1 is 1.03 bits per heavy atom. The molecule has 0 unspecified atom stereocenters. The predicted octanol–water partition coefficient (Wildman–Crippen LogP) is 3.69. The van der Waals surface area contributed by atoms with Gasteiger partial charge in [0.25, 0.3) is 0 Å². The van der Waals surface area contributed by atoms with Crippen molar-refractivity contribution in [2.75, 3.05) is 6.61 Å². The van der Waals surface area contributed by atoms with Gasteiger partial charge in [0.15, 0.2) is 0 Å². The number of hydrogen-bond acceptors (Lipinski definition) is 7. The van der Waals surface area contributed by atoms with Gasteiger partial charge in [-0.3, -0.25) is 0 Å². The summed E-state index contributed by atoms with van der Waals surface area (Å²) in [5.74, 6) is 4.86. The van der Waals surface area contributed by atoms with Crippen LogP contribution in [0.15, 0.2) is 89.1 Å². The van der Waals surface area contributed by atoms with Gasteiger partial charge in [-0.15, -0.1) is 0 Å². The van der Waals surface area contributed by atoms with E-state index in [0.717, 1.165) is 11.1 Å². The lowest BCUT2D eigenvalue weighted by Crippen LogP contribution is -2.13. The van der Waals surface area contributed by atoms with Crippen LogP contribution in [0.4, 0.5) is 0 Å². The number of hydrogen-bond donors (Lipinski definition) is 3. The van der Waals surface area contributed by atoms with Gasteiger partial charge in [-0.25, -0.2) is 18.4 Å². The third-order valence-electron chi connectivity index (χ3n) is 5.76. The normalized spacial score (nSPS) is 11.6. The first-order valence-electron chi connectivity index (χ1n) is 11.4. The van der Waals surface area contributed by atoms with Gasteiger partial charge in [-0.1, -0.05) is 42.5 Å². The van der Waals surface area contributed by atoms with Gasteiger partial charge in [0.2, 0.25) is 10.0 Å². The lowest BCUT2D eigenvalue weighted by molar-refractivity contribution is 0.0527. The molecule has 1 heterocycles. The second kappa shape index (κ2) is 10.7. The maximum absolute atomic E-state index is 12.8. The van der Waals surface area contributed by atoms with Crippen molar-refractivity contribution in [1.29, 1.82) is 0 Å². The third-order valence-corrected chi connectivity index (χ3v) is 6.72. The molecule has 4 aromatic rings. The number of esters is 1. The van der Waals surface area contributed by atoms with Crippen molar-refractivity contribution in [2.45, 2.75) is 18.4 Å². The Morgan fingerprint density at radius 2 is 1.70 bits per heavy atom. The lowest BCUT2D eigenvalue weighted by Gasteiger charge is -2.09. The van der Waals surface area contributed by atoms with Crippen LogP contribution < -0.4 is 11.0 Å². The molecule has 37 heavy (non-hydrogen) atoms. The number of carbonyl (C=O) groups is 1. The largest absolute Gasteiger partial charge is 0.508 e. The van der Waals surface area contributed by atoms with Crippen LogP contribution in [0.3, 0.4) is 0 Å². The molecule has 4 rings (SSSR count). The van der Waals surface area contributed by atoms with Gasteiger partial charge in [0.1, 0.15) is 5.75 Å². The molecule has 0 aliphatic carbocycles. The molecule has 0 fully saturated rings. The molecule has 0 bridgehead atoms. The summed E-state index contributed by atoms with van der Waals surface area (Å²) in [6, 6.07) is 18.6. The van der Waals surface area contributed by atoms with E-state index >= 15 is 0 Å². The number of hydrazone groups is 1. The first-order valence-corrected chi connectivity index (χ1v) is 12.9. The van der Waals surface area contributed by atoms with E-state index in [4.69, 9.17) is 15.7 Å². The number of nitrogens with zero attached hydrogens (tertiary/aromatic N) is 2. The van der Waals surface area contributed by atoms with Gasteiger partial charge in [-0.05, 0) is 47.9 Å². The second-order valence-corrected chi connectivity index (χ2v) is 9.79. The number of ether oxygens (including phenoxy) is 1. The number of rotatable bonds is 8. The molecule has 0 saturated heterocycles. The van der Waals surface area contributed by atoms with Gasteiger partial charge in [0.05, 0.1) is 29.8 Å². The molecule has 0 spiro atoms. The van der Waals surface area contributed by atoms with Gasteiger partial charge in [0, 0.05) is 29.1 Å². The standard InChI is InChI=1S/C27H26N4O5S/c1-2-36-27(33)24-17-31(15-21-13-18(14-30-28)7-12-25(21)32)16-23(24)20-10-8-19(9-11-20)22-5-3-4-6-26(22)37(29,34)35/h3-14,16-17,32H,2,15,28H2,1H3,(H2,29,34,35). The van der Waals surface area contributed by atoms with E-state index in [9.17, 15) is 18.3 Å². The minimum atomic E-state index is -3.91. The minimum absolute atomic E-state index is 0.0304. The summed E-state index contributed by atoms with van der Waals surface area (Å²) in [6.07, 6.45) is 4.94. The van der Waals surface area contributed by atoms with Crippen molar-refractivity contribution in [3.63, 3.8) is 0 Å². The number of sulfonamides is 1. The fourth-order valence-corrected chi connectivity index (χ4v) is 4.84. The summed E-state index contributed by atoms with van der Waals surface area (Å²) in [6.45, 7) is 2.23. The monoisotopic (exact) mass is 518 g/mol. The average molecular weight is 519 g/mol. The molecule has 0 radical (unpaired) electrons. The molecule has 10 heteroatoms. The van der Waals surface area contributed by atoms with Crippen LogP contribution in [0.5, 0.6) is 5.75 Å². The van der Waals surface area contributed by atoms with Gasteiger partial charge < -0.3 is 20.3 Å². The van der Waals surface area contributed by atoms with Crippen LogP contribution >= 0.6 is 0 Å². The fourth-order valence-electron chi connectivity index (χ4n) is 4.08. The molecule has 1 aromatic heterocycles. The van der Waals surface area contributed by atoms with Crippen LogP contribution in [-0.2, 0) is 21.3 Å². The average Bonchev–Trinajstić information content (AvgIpc) is 3.30. The molecule has 3 aromatic carbocycles. The number of phenolic OH excluding ortho intramolecular Hbond substituents is 1. The zero-order valence-electron chi connectivity index (χ0n) is 20.0. The Morgan fingerprint density at radius 3 is 2.35 bits per heavy atom. The molecular formula is C27H26N4O5S. The lowest BCUT2D eigenvalue weighted by atomic mass is 10.00. The molecule has 9 nitrogen and oxygen atoms in total. The first-order chi connectivity index (χ1) is 17.7. The molecule has 0 amide bonds. The molecule has 0 aliphatic heterocycles. The summed E-state index contributed by atoms with van der Waals surface area (Å²) in [7, 11) is -3.91. The number of aromatic nitrogens is 1. The molecule has 0 atom stereocenters. The molecule has 0 aliphatic rings. The van der Waals surface area contributed by atoms with Gasteiger partial charge in [-0.2, -0.15) is 5.10 Å². The van der Waals surface area contributed by atoms with Crippen molar-refractivity contribution in [3.05, 3.63) is 95.8 Å². The summed E-state index contributed by atoms with van der Waals surface area (Å²) >= 11 is 0. The molecule has 5 N–H and O–H groups in total. The Balaban J connectivity index is 1.73. The van der Waals surface area contributed by atoms with E-state index in [1.54, 1.807) is 84.5 Å². The van der Waals surface area contributed by atoms with Crippen molar-refractivity contribution >= 4 is 22.2 Å². The molecule has 190 valence electrons.